The molecule has 1 aromatic rings. The van der Waals surface area contributed by atoms with Gasteiger partial charge in [-0.2, -0.15) is 13.2 Å². The third kappa shape index (κ3) is 5.08. The summed E-state index contributed by atoms with van der Waals surface area (Å²) in [4.78, 5) is 16.0. The molecule has 140 valence electrons. The van der Waals surface area contributed by atoms with Crippen LogP contribution in [0.1, 0.15) is 5.56 Å². The minimum absolute atomic E-state index is 0.0259. The lowest BCUT2D eigenvalue weighted by atomic mass is 10.2. The number of hydrogen-bond donors (Lipinski definition) is 0. The van der Waals surface area contributed by atoms with Gasteiger partial charge in [0.1, 0.15) is 6.54 Å². The molecule has 0 spiro atoms. The Morgan fingerprint density at radius 3 is 2.08 bits per heavy atom. The number of likely N-dealkylation sites (N-methyl/N-ethyl adjacent to an activating group) is 1. The van der Waals surface area contributed by atoms with E-state index in [1.54, 1.807) is 4.90 Å². The van der Waals surface area contributed by atoms with Crippen LogP contribution in [0.2, 0.25) is 0 Å². The van der Waals surface area contributed by atoms with Gasteiger partial charge in [0, 0.05) is 26.2 Å². The number of alkyl halides is 3. The standard InChI is InChI=1S/C15H20F3N3O3S/c1-19-7-9-20(10-8-19)14(22)11-21(25(2,23)24)13-5-3-12(4-6-13)15(16,17)18/h3-6H,7-11H2,1-2H3. The van der Waals surface area contributed by atoms with Crippen molar-refractivity contribution in [1.82, 2.24) is 9.80 Å². The number of halogens is 3. The molecule has 1 aromatic carbocycles. The zero-order valence-electron chi connectivity index (χ0n) is 14.0. The second-order valence-electron chi connectivity index (χ2n) is 6.00. The maximum Gasteiger partial charge on any atom is 0.416 e. The van der Waals surface area contributed by atoms with Crippen LogP contribution < -0.4 is 4.31 Å². The second kappa shape index (κ2) is 7.20. The Morgan fingerprint density at radius 1 is 1.12 bits per heavy atom. The van der Waals surface area contributed by atoms with Crippen molar-refractivity contribution >= 4 is 21.6 Å². The Hall–Kier alpha value is -1.81. The van der Waals surface area contributed by atoms with Crippen molar-refractivity contribution in [3.63, 3.8) is 0 Å². The molecule has 1 amide bonds. The van der Waals surface area contributed by atoms with Crippen LogP contribution >= 0.6 is 0 Å². The SMILES string of the molecule is CN1CCN(C(=O)CN(c2ccc(C(F)(F)F)cc2)S(C)(=O)=O)CC1. The molecule has 2 rings (SSSR count). The fraction of sp³-hybridized carbons (Fsp3) is 0.533. The first kappa shape index (κ1) is 19.5. The number of carbonyl (C=O) groups excluding carboxylic acids is 1. The van der Waals surface area contributed by atoms with Crippen LogP contribution in [0.4, 0.5) is 18.9 Å². The number of amides is 1. The Labute approximate surface area is 144 Å². The Kier molecular flexibility index (Phi) is 5.62. The summed E-state index contributed by atoms with van der Waals surface area (Å²) in [7, 11) is -1.89. The van der Waals surface area contributed by atoms with Crippen molar-refractivity contribution < 1.29 is 26.4 Å². The molecule has 1 aliphatic heterocycles. The summed E-state index contributed by atoms with van der Waals surface area (Å²) in [6.45, 7) is 1.91. The molecule has 1 aliphatic rings. The van der Waals surface area contributed by atoms with Gasteiger partial charge >= 0.3 is 6.18 Å². The summed E-state index contributed by atoms with van der Waals surface area (Å²) in [6.07, 6.45) is -3.59. The van der Waals surface area contributed by atoms with E-state index in [1.165, 1.54) is 0 Å². The number of sulfonamides is 1. The summed E-state index contributed by atoms with van der Waals surface area (Å²) in [5.74, 6) is -0.376. The van der Waals surface area contributed by atoms with Gasteiger partial charge in [-0.25, -0.2) is 8.42 Å². The summed E-state index contributed by atoms with van der Waals surface area (Å²) in [5, 5.41) is 0. The molecule has 0 unspecified atom stereocenters. The third-order valence-electron chi connectivity index (χ3n) is 4.02. The molecular weight excluding hydrogens is 359 g/mol. The molecule has 0 aliphatic carbocycles. The summed E-state index contributed by atoms with van der Waals surface area (Å²) >= 11 is 0. The summed E-state index contributed by atoms with van der Waals surface area (Å²) in [5.41, 5.74) is -0.854. The lowest BCUT2D eigenvalue weighted by Gasteiger charge is -2.34. The van der Waals surface area contributed by atoms with Gasteiger partial charge in [-0.05, 0) is 31.3 Å². The van der Waals surface area contributed by atoms with Crippen LogP contribution in [0.5, 0.6) is 0 Å². The number of benzene rings is 1. The predicted octanol–water partition coefficient (Wildman–Crippen LogP) is 1.25. The zero-order chi connectivity index (χ0) is 18.8. The van der Waals surface area contributed by atoms with Crippen LogP contribution in [0, 0.1) is 0 Å². The first-order valence-corrected chi connectivity index (χ1v) is 9.44. The van der Waals surface area contributed by atoms with E-state index in [0.717, 1.165) is 34.8 Å². The van der Waals surface area contributed by atoms with E-state index in [2.05, 4.69) is 0 Å². The highest BCUT2D eigenvalue weighted by atomic mass is 32.2. The minimum Gasteiger partial charge on any atom is -0.339 e. The van der Waals surface area contributed by atoms with Crippen LogP contribution in [0.15, 0.2) is 24.3 Å². The highest BCUT2D eigenvalue weighted by Gasteiger charge is 2.31. The number of nitrogens with zero attached hydrogens (tertiary/aromatic N) is 3. The van der Waals surface area contributed by atoms with Gasteiger partial charge in [-0.3, -0.25) is 9.10 Å². The van der Waals surface area contributed by atoms with Gasteiger partial charge in [0.25, 0.3) is 0 Å². The topological polar surface area (TPSA) is 60.9 Å². The monoisotopic (exact) mass is 379 g/mol. The molecule has 25 heavy (non-hydrogen) atoms. The van der Waals surface area contributed by atoms with E-state index in [-0.39, 0.29) is 11.6 Å². The molecule has 6 nitrogen and oxygen atoms in total. The fourth-order valence-corrected chi connectivity index (χ4v) is 3.35. The van der Waals surface area contributed by atoms with Crippen molar-refractivity contribution in [3.05, 3.63) is 29.8 Å². The van der Waals surface area contributed by atoms with Crippen molar-refractivity contribution in [2.24, 2.45) is 0 Å². The molecule has 0 aromatic heterocycles. The molecule has 1 fully saturated rings. The third-order valence-corrected chi connectivity index (χ3v) is 5.16. The molecular formula is C15H20F3N3O3S. The minimum atomic E-state index is -4.51. The first-order chi connectivity index (χ1) is 11.5. The van der Waals surface area contributed by atoms with Gasteiger partial charge in [-0.15, -0.1) is 0 Å². The van der Waals surface area contributed by atoms with Crippen LogP contribution in [0.25, 0.3) is 0 Å². The highest BCUT2D eigenvalue weighted by Crippen LogP contribution is 2.31. The predicted molar refractivity (Wildman–Crippen MR) is 87.7 cm³/mol. The second-order valence-corrected chi connectivity index (χ2v) is 7.91. The molecule has 10 heteroatoms. The lowest BCUT2D eigenvalue weighted by molar-refractivity contribution is -0.137. The maximum absolute atomic E-state index is 12.6. The molecule has 0 bridgehead atoms. The Morgan fingerprint density at radius 2 is 1.64 bits per heavy atom. The van der Waals surface area contributed by atoms with Crippen LogP contribution in [-0.4, -0.2) is 70.2 Å². The molecule has 0 saturated carbocycles. The van der Waals surface area contributed by atoms with Crippen molar-refractivity contribution in [1.29, 1.82) is 0 Å². The molecule has 0 radical (unpaired) electrons. The van der Waals surface area contributed by atoms with Gasteiger partial charge in [0.2, 0.25) is 15.9 Å². The van der Waals surface area contributed by atoms with Crippen LogP contribution in [0.3, 0.4) is 0 Å². The van der Waals surface area contributed by atoms with Crippen molar-refractivity contribution in [2.75, 3.05) is 50.3 Å². The number of carbonyl (C=O) groups is 1. The zero-order valence-corrected chi connectivity index (χ0v) is 14.8. The molecule has 1 saturated heterocycles. The normalized spacial score (nSPS) is 16.8. The summed E-state index contributed by atoms with van der Waals surface area (Å²) in [6, 6.07) is 3.71. The van der Waals surface area contributed by atoms with E-state index in [0.29, 0.717) is 26.2 Å². The van der Waals surface area contributed by atoms with Gasteiger partial charge < -0.3 is 9.80 Å². The van der Waals surface area contributed by atoms with Gasteiger partial charge in [-0.1, -0.05) is 0 Å². The van der Waals surface area contributed by atoms with Crippen molar-refractivity contribution in [2.45, 2.75) is 6.18 Å². The largest absolute Gasteiger partial charge is 0.416 e. The van der Waals surface area contributed by atoms with Crippen molar-refractivity contribution in [3.8, 4) is 0 Å². The maximum atomic E-state index is 12.6. The number of hydrogen-bond acceptors (Lipinski definition) is 4. The van der Waals surface area contributed by atoms with E-state index < -0.39 is 28.3 Å². The lowest BCUT2D eigenvalue weighted by Crippen LogP contribution is -2.50. The van der Waals surface area contributed by atoms with Gasteiger partial charge in [0.05, 0.1) is 17.5 Å². The van der Waals surface area contributed by atoms with E-state index in [1.807, 2.05) is 11.9 Å². The summed E-state index contributed by atoms with van der Waals surface area (Å²) < 4.78 is 62.8. The Bertz CT molecular complexity index is 712. The number of piperazine rings is 1. The quantitative estimate of drug-likeness (QED) is 0.790. The molecule has 0 atom stereocenters. The van der Waals surface area contributed by atoms with Gasteiger partial charge in [0.15, 0.2) is 0 Å². The molecule has 1 heterocycles. The average Bonchev–Trinajstić information content (AvgIpc) is 2.51. The highest BCUT2D eigenvalue weighted by molar-refractivity contribution is 7.92. The average molecular weight is 379 g/mol. The Balaban J connectivity index is 2.18. The smallest absolute Gasteiger partial charge is 0.339 e. The van der Waals surface area contributed by atoms with Crippen LogP contribution in [-0.2, 0) is 21.0 Å². The van der Waals surface area contributed by atoms with E-state index >= 15 is 0 Å². The fourth-order valence-electron chi connectivity index (χ4n) is 2.50. The van der Waals surface area contributed by atoms with E-state index in [9.17, 15) is 26.4 Å². The first-order valence-electron chi connectivity index (χ1n) is 7.60. The molecule has 0 N–H and O–H groups in total. The number of rotatable bonds is 4. The number of anilines is 1. The van der Waals surface area contributed by atoms with E-state index in [4.69, 9.17) is 0 Å².